The van der Waals surface area contributed by atoms with Crippen molar-refractivity contribution in [1.82, 2.24) is 0 Å². The van der Waals surface area contributed by atoms with Crippen LogP contribution < -0.4 is 66.4 Å². The van der Waals surface area contributed by atoms with Crippen molar-refractivity contribution in [3.05, 3.63) is 0 Å². The molecule has 16 heavy (non-hydrogen) atoms. The Morgan fingerprint density at radius 3 is 0.688 bits per heavy atom. The third-order valence-electron chi connectivity index (χ3n) is 0.333. The zero-order valence-electron chi connectivity index (χ0n) is 8.24. The maximum atomic E-state index is 8.49. The number of hydrogen-bond acceptors (Lipinski definition) is 8. The third kappa shape index (κ3) is 299. The van der Waals surface area contributed by atoms with E-state index in [1.807, 2.05) is 0 Å². The minimum absolute atomic E-state index is 0. The molecule has 12 heteroatoms. The van der Waals surface area contributed by atoms with Crippen LogP contribution in [0.15, 0.2) is 0 Å². The SMILES string of the molecule is NCCN.NCCN.[Cl-].[Cl-].[Ir+3].[O-][Cl+3]([O-])([O-])[O-]. The van der Waals surface area contributed by atoms with Crippen molar-refractivity contribution in [3.8, 4) is 0 Å². The fourth-order valence-electron chi connectivity index (χ4n) is 0. The van der Waals surface area contributed by atoms with Gasteiger partial charge in [0.2, 0.25) is 0 Å². The van der Waals surface area contributed by atoms with E-state index in [1.54, 1.807) is 0 Å². The van der Waals surface area contributed by atoms with Crippen LogP contribution in [0.4, 0.5) is 0 Å². The van der Waals surface area contributed by atoms with Gasteiger partial charge in [-0.15, -0.1) is 10.2 Å². The Balaban J connectivity index is -0.0000000216. The summed E-state index contributed by atoms with van der Waals surface area (Å²) in [5.74, 6) is 0. The Bertz CT molecular complexity index is 78.2. The molecule has 0 amide bonds. The quantitative estimate of drug-likeness (QED) is 0.297. The van der Waals surface area contributed by atoms with Gasteiger partial charge in [0.1, 0.15) is 0 Å². The Labute approximate surface area is 123 Å². The van der Waals surface area contributed by atoms with Gasteiger partial charge in [0, 0.05) is 26.2 Å². The van der Waals surface area contributed by atoms with Crippen LogP contribution >= 0.6 is 0 Å². The van der Waals surface area contributed by atoms with Gasteiger partial charge in [0.15, 0.2) is 0 Å². The topological polar surface area (TPSA) is 196 Å². The molecule has 0 atom stereocenters. The fraction of sp³-hybridized carbons (Fsp3) is 1.00. The molecule has 0 heterocycles. The monoisotopic (exact) mass is 482 g/mol. The Hall–Kier alpha value is 1.20. The molecule has 0 saturated heterocycles. The van der Waals surface area contributed by atoms with Crippen LogP contribution in [0.2, 0.25) is 0 Å². The predicted molar refractivity (Wildman–Crippen MR) is 36.2 cm³/mol. The molecule has 0 fully saturated rings. The average molecular weight is 483 g/mol. The first kappa shape index (κ1) is 36.0. The molecule has 0 radical (unpaired) electrons. The van der Waals surface area contributed by atoms with E-state index in [9.17, 15) is 0 Å². The number of rotatable bonds is 2. The summed E-state index contributed by atoms with van der Waals surface area (Å²) in [6, 6.07) is 0. The molecule has 0 aromatic rings. The summed E-state index contributed by atoms with van der Waals surface area (Å²) in [7, 11) is -4.94. The number of hydrogen-bond donors (Lipinski definition) is 4. The van der Waals surface area contributed by atoms with E-state index in [0.717, 1.165) is 0 Å². The molecular formula is C4H16Cl3IrN4O4. The molecule has 0 bridgehead atoms. The van der Waals surface area contributed by atoms with Crippen LogP contribution in [0, 0.1) is 10.2 Å². The van der Waals surface area contributed by atoms with E-state index >= 15 is 0 Å². The molecular weight excluding hydrogens is 467 g/mol. The first-order valence-electron chi connectivity index (χ1n) is 3.25. The van der Waals surface area contributed by atoms with E-state index in [4.69, 9.17) is 41.6 Å². The largest absolute Gasteiger partial charge is 3.00 e. The van der Waals surface area contributed by atoms with Gasteiger partial charge in [-0.3, -0.25) is 0 Å². The van der Waals surface area contributed by atoms with E-state index in [0.29, 0.717) is 26.2 Å². The Morgan fingerprint density at radius 1 is 0.625 bits per heavy atom. The van der Waals surface area contributed by atoms with Crippen molar-refractivity contribution in [1.29, 1.82) is 0 Å². The molecule has 0 unspecified atom stereocenters. The number of halogens is 3. The van der Waals surface area contributed by atoms with E-state index in [1.165, 1.54) is 0 Å². The first-order chi connectivity index (χ1) is 5.83. The van der Waals surface area contributed by atoms with Gasteiger partial charge in [-0.2, -0.15) is 0 Å². The van der Waals surface area contributed by atoms with Crippen LogP contribution in [0.5, 0.6) is 0 Å². The Kier molecular flexibility index (Phi) is 67.1. The third-order valence-corrected chi connectivity index (χ3v) is 0.333. The molecule has 8 nitrogen and oxygen atoms in total. The van der Waals surface area contributed by atoms with Gasteiger partial charge < -0.3 is 47.7 Å². The van der Waals surface area contributed by atoms with Gasteiger partial charge >= 0.3 is 20.1 Å². The van der Waals surface area contributed by atoms with Gasteiger partial charge in [0.25, 0.3) is 0 Å². The summed E-state index contributed by atoms with van der Waals surface area (Å²) in [5.41, 5.74) is 19.6. The fourth-order valence-corrected chi connectivity index (χ4v) is 0. The smallest absolute Gasteiger partial charge is 1.00 e. The predicted octanol–water partition coefficient (Wildman–Crippen LogP) is -12.9. The van der Waals surface area contributed by atoms with Crippen LogP contribution in [-0.2, 0) is 20.1 Å². The summed E-state index contributed by atoms with van der Waals surface area (Å²) in [4.78, 5) is 0. The minimum Gasteiger partial charge on any atom is -1.00 e. The van der Waals surface area contributed by atoms with Gasteiger partial charge in [-0.25, -0.2) is 18.6 Å². The zero-order valence-corrected chi connectivity index (χ0v) is 12.9. The van der Waals surface area contributed by atoms with E-state index < -0.39 is 10.2 Å². The second-order valence-electron chi connectivity index (χ2n) is 1.53. The van der Waals surface area contributed by atoms with Crippen LogP contribution in [0.1, 0.15) is 0 Å². The first-order valence-corrected chi connectivity index (χ1v) is 4.48. The standard InChI is InChI=1S/2C2H8N2.ClHO4.2ClH.Ir/c2*3-1-2-4;2-1(3,4)5;;;/h2*1-4H2;(H,2,3,4,5);2*1H;/q;;;;;+3/p-3. The normalized spacial score (nSPS) is 7.50. The molecule has 106 valence electrons. The second-order valence-corrected chi connectivity index (χ2v) is 2.29. The van der Waals surface area contributed by atoms with Gasteiger partial charge in [-0.05, 0) is 0 Å². The molecule has 0 aromatic carbocycles. The molecule has 0 spiro atoms. The molecule has 0 saturated carbocycles. The van der Waals surface area contributed by atoms with Gasteiger partial charge in [-0.1, -0.05) is 0 Å². The van der Waals surface area contributed by atoms with E-state index in [2.05, 4.69) is 0 Å². The summed E-state index contributed by atoms with van der Waals surface area (Å²) >= 11 is 0. The van der Waals surface area contributed by atoms with Crippen molar-refractivity contribution in [2.24, 2.45) is 22.9 Å². The minimum atomic E-state index is -4.94. The molecule has 8 N–H and O–H groups in total. The van der Waals surface area contributed by atoms with Crippen LogP contribution in [-0.4, -0.2) is 26.2 Å². The second kappa shape index (κ2) is 29.8. The van der Waals surface area contributed by atoms with E-state index in [-0.39, 0.29) is 44.9 Å². The molecule has 0 rings (SSSR count). The maximum Gasteiger partial charge on any atom is 3.00 e. The molecule has 0 aromatic heterocycles. The van der Waals surface area contributed by atoms with Crippen LogP contribution in [0.25, 0.3) is 0 Å². The number of nitrogens with two attached hydrogens (primary N) is 4. The van der Waals surface area contributed by atoms with Crippen molar-refractivity contribution in [2.75, 3.05) is 26.2 Å². The summed E-state index contributed by atoms with van der Waals surface area (Å²) in [6.07, 6.45) is 0. The van der Waals surface area contributed by atoms with Crippen LogP contribution in [0.3, 0.4) is 0 Å². The summed E-state index contributed by atoms with van der Waals surface area (Å²) in [6.45, 7) is 2.39. The average Bonchev–Trinajstić information content (AvgIpc) is 2.01. The molecule has 0 aliphatic heterocycles. The summed E-state index contributed by atoms with van der Waals surface area (Å²) < 4.78 is 34.0. The zero-order chi connectivity index (χ0) is 11.3. The van der Waals surface area contributed by atoms with Crippen molar-refractivity contribution < 1.29 is 73.8 Å². The Morgan fingerprint density at radius 2 is 0.688 bits per heavy atom. The van der Waals surface area contributed by atoms with Crippen molar-refractivity contribution in [2.45, 2.75) is 0 Å². The van der Waals surface area contributed by atoms with Gasteiger partial charge in [0.05, 0.1) is 0 Å². The maximum absolute atomic E-state index is 8.49. The van der Waals surface area contributed by atoms with Crippen molar-refractivity contribution >= 4 is 0 Å². The summed E-state index contributed by atoms with van der Waals surface area (Å²) in [5, 5.41) is 0. The molecule has 0 aliphatic rings. The molecule has 0 aliphatic carbocycles. The van der Waals surface area contributed by atoms with Crippen molar-refractivity contribution in [3.63, 3.8) is 0 Å².